The first-order valence-electron chi connectivity index (χ1n) is 12.6. The summed E-state index contributed by atoms with van der Waals surface area (Å²) in [7, 11) is 2.07. The highest BCUT2D eigenvalue weighted by atomic mass is 35.5. The van der Waals surface area contributed by atoms with Crippen LogP contribution in [-0.2, 0) is 4.79 Å². The summed E-state index contributed by atoms with van der Waals surface area (Å²) in [6.45, 7) is 3.60. The van der Waals surface area contributed by atoms with E-state index in [9.17, 15) is 14.9 Å². The van der Waals surface area contributed by atoms with Crippen LogP contribution in [0.1, 0.15) is 11.1 Å². The van der Waals surface area contributed by atoms with Crippen LogP contribution in [0.15, 0.2) is 101 Å². The minimum Gasteiger partial charge on any atom is -0.373 e. The molecule has 1 amide bonds. The molecule has 0 atom stereocenters. The second-order valence-electron chi connectivity index (χ2n) is 9.28. The molecular formula is C29H32ClF5N6O3. The van der Waals surface area contributed by atoms with E-state index in [1.54, 1.807) is 24.4 Å². The zero-order valence-electron chi connectivity index (χ0n) is 23.4. The number of piperazine rings is 1. The Morgan fingerprint density at radius 1 is 0.841 bits per heavy atom. The number of nitro benzene ring substituents is 1. The molecule has 0 bridgehead atoms. The van der Waals surface area contributed by atoms with E-state index in [2.05, 4.69) is 21.8 Å². The Morgan fingerprint density at radius 3 is 2.00 bits per heavy atom. The molecule has 3 aromatic rings. The minimum atomic E-state index is -0.463. The standard InChI is InChI=1S/C23H21ClN6O3.C6H6.5FH/c1-27-8-10-28(11-9-27)14-19-23(31)29-20-7-6-15(30(32)33)12-17(20)22(25-13-21(29)26-19)16-4-2-3-5-18(16)24;1-2-4-6-5-3-1;;;;;/h2-7,12,14H,8-11,13H2,1H3;1-6H;5*1H/b19-14-;;;;;;. The van der Waals surface area contributed by atoms with Crippen molar-refractivity contribution < 1.29 is 33.2 Å². The predicted octanol–water partition coefficient (Wildman–Crippen LogP) is 5.38. The lowest BCUT2D eigenvalue weighted by Crippen LogP contribution is -2.42. The maximum absolute atomic E-state index is 13.4. The molecule has 1 saturated heterocycles. The molecule has 0 aliphatic carbocycles. The van der Waals surface area contributed by atoms with Gasteiger partial charge in [0.2, 0.25) is 0 Å². The fourth-order valence-corrected chi connectivity index (χ4v) is 4.78. The first kappa shape index (κ1) is 39.3. The highest BCUT2D eigenvalue weighted by Crippen LogP contribution is 2.35. The normalized spacial score (nSPS) is 15.9. The Balaban J connectivity index is 0.00000151. The summed E-state index contributed by atoms with van der Waals surface area (Å²) in [4.78, 5) is 39.6. The third kappa shape index (κ3) is 8.45. The first-order chi connectivity index (χ1) is 18.9. The van der Waals surface area contributed by atoms with E-state index >= 15 is 0 Å². The summed E-state index contributed by atoms with van der Waals surface area (Å²) in [5.41, 5.74) is 2.36. The van der Waals surface area contributed by atoms with Crippen molar-refractivity contribution in [3.05, 3.63) is 117 Å². The van der Waals surface area contributed by atoms with Gasteiger partial charge in [0.25, 0.3) is 11.6 Å². The number of rotatable bonds is 3. The van der Waals surface area contributed by atoms with Crippen molar-refractivity contribution in [2.24, 2.45) is 9.98 Å². The van der Waals surface area contributed by atoms with Crippen LogP contribution in [0.2, 0.25) is 5.02 Å². The number of halogens is 6. The number of nitrogens with zero attached hydrogens (tertiary/aromatic N) is 6. The highest BCUT2D eigenvalue weighted by Gasteiger charge is 2.37. The summed E-state index contributed by atoms with van der Waals surface area (Å²) in [6, 6.07) is 23.6. The molecule has 3 aliphatic rings. The molecule has 0 N–H and O–H groups in total. The largest absolute Gasteiger partial charge is 0.373 e. The average molecular weight is 643 g/mol. The lowest BCUT2D eigenvalue weighted by molar-refractivity contribution is -0.384. The van der Waals surface area contributed by atoms with Crippen molar-refractivity contribution in [3.8, 4) is 0 Å². The smallest absolute Gasteiger partial charge is 0.284 e. The molecule has 0 spiro atoms. The van der Waals surface area contributed by atoms with Crippen molar-refractivity contribution in [3.63, 3.8) is 0 Å². The van der Waals surface area contributed by atoms with Gasteiger partial charge in [0, 0.05) is 60.7 Å². The van der Waals surface area contributed by atoms with Crippen molar-refractivity contribution in [2.45, 2.75) is 0 Å². The quantitative estimate of drug-likeness (QED) is 0.166. The van der Waals surface area contributed by atoms with Crippen LogP contribution < -0.4 is 4.90 Å². The third-order valence-electron chi connectivity index (χ3n) is 6.63. The Labute approximate surface area is 255 Å². The highest BCUT2D eigenvalue weighted by molar-refractivity contribution is 6.37. The number of hydrogen-bond donors (Lipinski definition) is 0. The molecular weight excluding hydrogens is 611 g/mol. The fraction of sp³-hybridized carbons (Fsp3) is 0.207. The first-order valence-corrected chi connectivity index (χ1v) is 12.9. The van der Waals surface area contributed by atoms with Gasteiger partial charge in [0.1, 0.15) is 11.5 Å². The van der Waals surface area contributed by atoms with Gasteiger partial charge in [-0.3, -0.25) is 48.3 Å². The van der Waals surface area contributed by atoms with Gasteiger partial charge in [-0.15, -0.1) is 0 Å². The number of likely N-dealkylation sites (N-methyl/N-ethyl adjacent to an activating group) is 1. The number of carbonyl (C=O) groups is 1. The van der Waals surface area contributed by atoms with E-state index in [4.69, 9.17) is 16.6 Å². The number of non-ortho nitro benzene ring substituents is 1. The zero-order valence-corrected chi connectivity index (χ0v) is 24.2. The molecule has 0 saturated carbocycles. The Morgan fingerprint density at radius 2 is 1.43 bits per heavy atom. The molecule has 3 aromatic carbocycles. The SMILES string of the molecule is CN1CCN(/C=C2\N=C3CN=C(c4ccccc4Cl)c4cc([N+](=O)[O-])ccc4N3C2=O)CC1.F.F.F.F.F.c1ccccc1. The lowest BCUT2D eigenvalue weighted by atomic mass is 9.99. The summed E-state index contributed by atoms with van der Waals surface area (Å²) >= 11 is 6.43. The van der Waals surface area contributed by atoms with E-state index in [1.807, 2.05) is 48.5 Å². The maximum Gasteiger partial charge on any atom is 0.284 e. The number of fused-ring (bicyclic) bond motifs is 3. The van der Waals surface area contributed by atoms with E-state index in [1.165, 1.54) is 17.0 Å². The molecule has 238 valence electrons. The topological polar surface area (TPSA) is 94.7 Å². The lowest BCUT2D eigenvalue weighted by Gasteiger charge is -2.31. The molecule has 9 nitrogen and oxygen atoms in total. The molecule has 15 heteroatoms. The van der Waals surface area contributed by atoms with Gasteiger partial charge in [-0.05, 0) is 19.2 Å². The number of hydrogen-bond acceptors (Lipinski definition) is 7. The van der Waals surface area contributed by atoms with Gasteiger partial charge >= 0.3 is 0 Å². The van der Waals surface area contributed by atoms with E-state index in [-0.39, 0.29) is 41.7 Å². The summed E-state index contributed by atoms with van der Waals surface area (Å²) in [5.74, 6) is 0.215. The summed E-state index contributed by atoms with van der Waals surface area (Å²) in [5, 5.41) is 12.0. The van der Waals surface area contributed by atoms with Crippen LogP contribution in [0.3, 0.4) is 0 Å². The Hall–Kier alpha value is -4.69. The van der Waals surface area contributed by atoms with Gasteiger partial charge in [-0.25, -0.2) is 4.99 Å². The summed E-state index contributed by atoms with van der Waals surface area (Å²) < 4.78 is 0. The number of benzene rings is 3. The number of aliphatic imine (C=N–C) groups is 2. The molecule has 0 radical (unpaired) electrons. The molecule has 44 heavy (non-hydrogen) atoms. The number of nitro groups is 1. The van der Waals surface area contributed by atoms with Crippen molar-refractivity contribution in [2.75, 3.05) is 44.7 Å². The second kappa shape index (κ2) is 17.4. The molecule has 6 rings (SSSR count). The monoisotopic (exact) mass is 642 g/mol. The van der Waals surface area contributed by atoms with Gasteiger partial charge in [0.05, 0.1) is 22.9 Å². The molecule has 1 fully saturated rings. The number of amides is 1. The molecule has 0 unspecified atom stereocenters. The van der Waals surface area contributed by atoms with Gasteiger partial charge in [0.15, 0.2) is 0 Å². The van der Waals surface area contributed by atoms with E-state index in [0.717, 1.165) is 26.2 Å². The Kier molecular flexibility index (Phi) is 15.6. The van der Waals surface area contributed by atoms with Crippen molar-refractivity contribution >= 4 is 40.4 Å². The maximum atomic E-state index is 13.4. The fourth-order valence-electron chi connectivity index (χ4n) is 4.56. The van der Waals surface area contributed by atoms with Gasteiger partial charge in [-0.2, -0.15) is 0 Å². The van der Waals surface area contributed by atoms with E-state index < -0.39 is 4.92 Å². The third-order valence-corrected chi connectivity index (χ3v) is 6.96. The van der Waals surface area contributed by atoms with Gasteiger partial charge < -0.3 is 9.80 Å². The van der Waals surface area contributed by atoms with Crippen LogP contribution in [0.25, 0.3) is 0 Å². The minimum absolute atomic E-state index is 0. The van der Waals surface area contributed by atoms with Crippen LogP contribution in [0.4, 0.5) is 34.9 Å². The van der Waals surface area contributed by atoms with E-state index in [0.29, 0.717) is 39.1 Å². The van der Waals surface area contributed by atoms with Crippen molar-refractivity contribution in [1.29, 1.82) is 0 Å². The van der Waals surface area contributed by atoms with Crippen LogP contribution >= 0.6 is 11.6 Å². The predicted molar refractivity (Wildman–Crippen MR) is 166 cm³/mol. The van der Waals surface area contributed by atoms with Crippen LogP contribution in [-0.4, -0.2) is 71.9 Å². The van der Waals surface area contributed by atoms with Crippen molar-refractivity contribution in [1.82, 2.24) is 9.80 Å². The Bertz CT molecular complexity index is 1480. The number of amidine groups is 1. The van der Waals surface area contributed by atoms with Crippen LogP contribution in [0, 0.1) is 10.1 Å². The average Bonchev–Trinajstić information content (AvgIpc) is 3.16. The zero-order chi connectivity index (χ0) is 27.4. The molecule has 3 heterocycles. The number of anilines is 1. The number of carbonyl (C=O) groups excluding carboxylic acids is 1. The van der Waals surface area contributed by atoms with Gasteiger partial charge in [-0.1, -0.05) is 66.2 Å². The molecule has 0 aromatic heterocycles. The van der Waals surface area contributed by atoms with Crippen LogP contribution in [0.5, 0.6) is 0 Å². The summed E-state index contributed by atoms with van der Waals surface area (Å²) in [6.07, 6.45) is 1.81. The molecule has 3 aliphatic heterocycles. The second-order valence-corrected chi connectivity index (χ2v) is 9.69.